The lowest BCUT2D eigenvalue weighted by Gasteiger charge is -2.03. The molecule has 2 N–H and O–H groups in total. The lowest BCUT2D eigenvalue weighted by molar-refractivity contribution is 1.06. The van der Waals surface area contributed by atoms with Gasteiger partial charge in [0.2, 0.25) is 0 Å². The van der Waals surface area contributed by atoms with Gasteiger partial charge in [-0.05, 0) is 19.1 Å². The highest BCUT2D eigenvalue weighted by Crippen LogP contribution is 2.24. The monoisotopic (exact) mass is 216 g/mol. The van der Waals surface area contributed by atoms with Gasteiger partial charge in [-0.3, -0.25) is 4.99 Å². The van der Waals surface area contributed by atoms with Crippen LogP contribution in [0.25, 0.3) is 0 Å². The number of benzene rings is 1. The predicted octanol–water partition coefficient (Wildman–Crippen LogP) is 2.87. The minimum absolute atomic E-state index is 0.431. The van der Waals surface area contributed by atoms with Gasteiger partial charge in [0.05, 0.1) is 12.4 Å². The number of hydrogen-bond acceptors (Lipinski definition) is 1. The highest BCUT2D eigenvalue weighted by atomic mass is 35.5. The van der Waals surface area contributed by atoms with E-state index in [1.807, 2.05) is 0 Å². The molecular weight excluding hydrogens is 207 g/mol. The molecule has 70 valence electrons. The number of halogens is 2. The van der Waals surface area contributed by atoms with Crippen molar-refractivity contribution in [2.75, 3.05) is 0 Å². The molecule has 1 rings (SSSR count). The number of amidine groups is 1. The van der Waals surface area contributed by atoms with Crippen LogP contribution in [0.2, 0.25) is 10.0 Å². The van der Waals surface area contributed by atoms with Crippen molar-refractivity contribution in [1.29, 1.82) is 0 Å². The summed E-state index contributed by atoms with van der Waals surface area (Å²) in [6.45, 7) is 2.16. The summed E-state index contributed by atoms with van der Waals surface area (Å²) < 4.78 is 0. The molecule has 0 unspecified atom stereocenters. The average molecular weight is 217 g/mol. The van der Waals surface area contributed by atoms with Crippen molar-refractivity contribution in [1.82, 2.24) is 0 Å². The Morgan fingerprint density at radius 3 is 2.38 bits per heavy atom. The van der Waals surface area contributed by atoms with E-state index in [-0.39, 0.29) is 0 Å². The van der Waals surface area contributed by atoms with Crippen molar-refractivity contribution in [3.63, 3.8) is 0 Å². The fourth-order valence-corrected chi connectivity index (χ4v) is 1.40. The van der Waals surface area contributed by atoms with Crippen LogP contribution >= 0.6 is 23.2 Å². The maximum Gasteiger partial charge on any atom is 0.0909 e. The molecule has 0 radical (unpaired) electrons. The van der Waals surface area contributed by atoms with E-state index in [0.29, 0.717) is 22.4 Å². The minimum Gasteiger partial charge on any atom is -0.388 e. The molecule has 13 heavy (non-hydrogen) atoms. The lowest BCUT2D eigenvalue weighted by atomic mass is 10.2. The summed E-state index contributed by atoms with van der Waals surface area (Å²) in [6, 6.07) is 5.36. The van der Waals surface area contributed by atoms with E-state index in [1.54, 1.807) is 25.1 Å². The molecule has 0 saturated heterocycles. The quantitative estimate of drug-likeness (QED) is 0.600. The van der Waals surface area contributed by atoms with Gasteiger partial charge < -0.3 is 5.73 Å². The van der Waals surface area contributed by atoms with Gasteiger partial charge in [-0.25, -0.2) is 0 Å². The van der Waals surface area contributed by atoms with Crippen LogP contribution in [-0.4, -0.2) is 5.84 Å². The molecule has 4 heteroatoms. The molecule has 0 fully saturated rings. The summed E-state index contributed by atoms with van der Waals surface area (Å²) in [5, 5.41) is 1.25. The zero-order valence-corrected chi connectivity index (χ0v) is 8.73. The Morgan fingerprint density at radius 2 is 1.92 bits per heavy atom. The zero-order valence-electron chi connectivity index (χ0n) is 7.22. The normalized spacial score (nSPS) is 11.8. The Bertz CT molecular complexity index is 310. The molecule has 0 amide bonds. The van der Waals surface area contributed by atoms with Crippen molar-refractivity contribution < 1.29 is 0 Å². The first-order valence-electron chi connectivity index (χ1n) is 3.80. The molecule has 0 aliphatic heterocycles. The van der Waals surface area contributed by atoms with Gasteiger partial charge in [-0.1, -0.05) is 29.3 Å². The summed E-state index contributed by atoms with van der Waals surface area (Å²) >= 11 is 11.8. The second-order valence-electron chi connectivity index (χ2n) is 2.66. The number of nitrogens with zero attached hydrogens (tertiary/aromatic N) is 1. The molecule has 0 atom stereocenters. The van der Waals surface area contributed by atoms with Crippen LogP contribution in [0.5, 0.6) is 0 Å². The fourth-order valence-electron chi connectivity index (χ4n) is 0.887. The third-order valence-corrected chi connectivity index (χ3v) is 2.26. The molecule has 0 saturated carbocycles. The van der Waals surface area contributed by atoms with Gasteiger partial charge in [-0.2, -0.15) is 0 Å². The molecule has 0 spiro atoms. The SMILES string of the molecule is CC(N)=NCc1c(Cl)cccc1Cl. The highest BCUT2D eigenvalue weighted by Gasteiger charge is 2.03. The van der Waals surface area contributed by atoms with Gasteiger partial charge in [0.15, 0.2) is 0 Å². The van der Waals surface area contributed by atoms with E-state index in [9.17, 15) is 0 Å². The van der Waals surface area contributed by atoms with Crippen LogP contribution in [0.4, 0.5) is 0 Å². The molecule has 0 aliphatic rings. The van der Waals surface area contributed by atoms with Gasteiger partial charge in [-0.15, -0.1) is 0 Å². The van der Waals surface area contributed by atoms with Crippen molar-refractivity contribution in [3.05, 3.63) is 33.8 Å². The second-order valence-corrected chi connectivity index (χ2v) is 3.47. The van der Waals surface area contributed by atoms with E-state index in [1.165, 1.54) is 0 Å². The Kier molecular flexibility index (Phi) is 3.58. The van der Waals surface area contributed by atoms with E-state index in [4.69, 9.17) is 28.9 Å². The summed E-state index contributed by atoms with van der Waals surface area (Å²) in [4.78, 5) is 4.04. The largest absolute Gasteiger partial charge is 0.388 e. The topological polar surface area (TPSA) is 38.4 Å². The van der Waals surface area contributed by atoms with Crippen LogP contribution < -0.4 is 5.73 Å². The van der Waals surface area contributed by atoms with Gasteiger partial charge in [0.1, 0.15) is 0 Å². The van der Waals surface area contributed by atoms with Crippen LogP contribution in [0.3, 0.4) is 0 Å². The molecule has 0 heterocycles. The van der Waals surface area contributed by atoms with Gasteiger partial charge >= 0.3 is 0 Å². The van der Waals surface area contributed by atoms with E-state index in [2.05, 4.69) is 4.99 Å². The second kappa shape index (κ2) is 4.49. The van der Waals surface area contributed by atoms with Crippen LogP contribution in [0.15, 0.2) is 23.2 Å². The van der Waals surface area contributed by atoms with Crippen molar-refractivity contribution in [3.8, 4) is 0 Å². The van der Waals surface area contributed by atoms with E-state index in [0.717, 1.165) is 5.56 Å². The number of nitrogens with two attached hydrogens (primary N) is 1. The number of rotatable bonds is 2. The third kappa shape index (κ3) is 2.90. The standard InChI is InChI=1S/C9H10Cl2N2/c1-6(12)13-5-7-8(10)3-2-4-9(7)11/h2-4H,5H2,1H3,(H2,12,13). The minimum atomic E-state index is 0.431. The summed E-state index contributed by atoms with van der Waals surface area (Å²) in [7, 11) is 0. The zero-order chi connectivity index (χ0) is 9.84. The van der Waals surface area contributed by atoms with E-state index < -0.39 is 0 Å². The summed E-state index contributed by atoms with van der Waals surface area (Å²) in [5.74, 6) is 0.524. The first-order valence-corrected chi connectivity index (χ1v) is 4.56. The van der Waals surface area contributed by atoms with Crippen molar-refractivity contribution in [2.24, 2.45) is 10.7 Å². The van der Waals surface area contributed by atoms with Crippen LogP contribution in [0.1, 0.15) is 12.5 Å². The molecule has 1 aromatic carbocycles. The Hall–Kier alpha value is -0.730. The average Bonchev–Trinajstić information content (AvgIpc) is 2.03. The number of aliphatic imine (C=N–C) groups is 1. The Labute approximate surface area is 87.4 Å². The van der Waals surface area contributed by atoms with E-state index >= 15 is 0 Å². The fraction of sp³-hybridized carbons (Fsp3) is 0.222. The molecule has 1 aromatic rings. The maximum absolute atomic E-state index is 5.92. The molecule has 0 bridgehead atoms. The van der Waals surface area contributed by atoms with Gasteiger partial charge in [0.25, 0.3) is 0 Å². The highest BCUT2D eigenvalue weighted by molar-refractivity contribution is 6.35. The van der Waals surface area contributed by atoms with Crippen LogP contribution in [-0.2, 0) is 6.54 Å². The number of hydrogen-bond donors (Lipinski definition) is 1. The molecular formula is C9H10Cl2N2. The molecule has 2 nitrogen and oxygen atoms in total. The van der Waals surface area contributed by atoms with Gasteiger partial charge in [0, 0.05) is 15.6 Å². The summed E-state index contributed by atoms with van der Waals surface area (Å²) in [6.07, 6.45) is 0. The Morgan fingerprint density at radius 1 is 1.38 bits per heavy atom. The third-order valence-electron chi connectivity index (χ3n) is 1.55. The maximum atomic E-state index is 5.92. The smallest absolute Gasteiger partial charge is 0.0909 e. The Balaban J connectivity index is 2.94. The first-order chi connectivity index (χ1) is 6.11. The predicted molar refractivity (Wildman–Crippen MR) is 57.5 cm³/mol. The summed E-state index contributed by atoms with van der Waals surface area (Å²) in [5.41, 5.74) is 6.22. The molecule has 0 aromatic heterocycles. The molecule has 0 aliphatic carbocycles. The lowest BCUT2D eigenvalue weighted by Crippen LogP contribution is -2.05. The van der Waals surface area contributed by atoms with Crippen LogP contribution in [0, 0.1) is 0 Å². The van der Waals surface area contributed by atoms with Crippen molar-refractivity contribution in [2.45, 2.75) is 13.5 Å². The van der Waals surface area contributed by atoms with Crippen molar-refractivity contribution >= 4 is 29.0 Å². The first kappa shape index (κ1) is 10.4.